The molecule has 3 nitrogen and oxygen atoms in total. The lowest BCUT2D eigenvalue weighted by molar-refractivity contribution is -0.0282. The number of hydrogen-bond donors (Lipinski definition) is 0. The van der Waals surface area contributed by atoms with Gasteiger partial charge in [-0.2, -0.15) is 5.26 Å². The SMILES string of the molecule is C[Si](C)(C)OC1(C#N)CCC(OCc2ccccc2)CC1. The van der Waals surface area contributed by atoms with Crippen LogP contribution in [0.4, 0.5) is 0 Å². The molecule has 0 atom stereocenters. The van der Waals surface area contributed by atoms with Gasteiger partial charge in [0.15, 0.2) is 8.32 Å². The highest BCUT2D eigenvalue weighted by Crippen LogP contribution is 2.35. The Morgan fingerprint density at radius 1 is 1.19 bits per heavy atom. The molecule has 1 fully saturated rings. The lowest BCUT2D eigenvalue weighted by Crippen LogP contribution is -2.45. The van der Waals surface area contributed by atoms with Crippen molar-refractivity contribution in [2.45, 2.75) is 63.6 Å². The molecule has 0 heterocycles. The number of hydrogen-bond acceptors (Lipinski definition) is 3. The van der Waals surface area contributed by atoms with Gasteiger partial charge in [0, 0.05) is 0 Å². The zero-order chi connectivity index (χ0) is 15.3. The van der Waals surface area contributed by atoms with Crippen LogP contribution < -0.4 is 0 Å². The van der Waals surface area contributed by atoms with Crippen LogP contribution >= 0.6 is 0 Å². The molecular weight excluding hydrogens is 278 g/mol. The van der Waals surface area contributed by atoms with Crippen LogP contribution in [0.2, 0.25) is 19.6 Å². The van der Waals surface area contributed by atoms with Crippen molar-refractivity contribution in [3.8, 4) is 6.07 Å². The Balaban J connectivity index is 1.84. The Morgan fingerprint density at radius 2 is 1.81 bits per heavy atom. The summed E-state index contributed by atoms with van der Waals surface area (Å²) in [6, 6.07) is 12.7. The van der Waals surface area contributed by atoms with Gasteiger partial charge in [0.25, 0.3) is 0 Å². The van der Waals surface area contributed by atoms with E-state index in [1.165, 1.54) is 5.56 Å². The first kappa shape index (κ1) is 16.2. The largest absolute Gasteiger partial charge is 0.400 e. The molecule has 0 saturated heterocycles. The van der Waals surface area contributed by atoms with E-state index in [2.05, 4.69) is 37.8 Å². The monoisotopic (exact) mass is 303 g/mol. The zero-order valence-electron chi connectivity index (χ0n) is 13.3. The van der Waals surface area contributed by atoms with Crippen molar-refractivity contribution in [2.75, 3.05) is 0 Å². The van der Waals surface area contributed by atoms with Crippen molar-refractivity contribution in [3.63, 3.8) is 0 Å². The molecule has 1 aliphatic carbocycles. The number of nitrogens with zero attached hydrogens (tertiary/aromatic N) is 1. The minimum atomic E-state index is -1.69. The Bertz CT molecular complexity index is 482. The van der Waals surface area contributed by atoms with E-state index in [-0.39, 0.29) is 6.10 Å². The van der Waals surface area contributed by atoms with Crippen molar-refractivity contribution in [1.29, 1.82) is 5.26 Å². The first-order chi connectivity index (χ1) is 9.92. The second kappa shape index (κ2) is 6.74. The maximum Gasteiger partial charge on any atom is 0.185 e. The van der Waals surface area contributed by atoms with Gasteiger partial charge >= 0.3 is 0 Å². The van der Waals surface area contributed by atoms with Gasteiger partial charge in [0.05, 0.1) is 18.8 Å². The van der Waals surface area contributed by atoms with Gasteiger partial charge in [0.1, 0.15) is 5.60 Å². The van der Waals surface area contributed by atoms with E-state index in [4.69, 9.17) is 9.16 Å². The fourth-order valence-electron chi connectivity index (χ4n) is 2.84. The maximum atomic E-state index is 9.51. The fraction of sp³-hybridized carbons (Fsp3) is 0.588. The second-order valence-electron chi connectivity index (χ2n) is 6.82. The summed E-state index contributed by atoms with van der Waals surface area (Å²) in [5.74, 6) is 0. The Hall–Kier alpha value is -1.15. The average molecular weight is 303 g/mol. The summed E-state index contributed by atoms with van der Waals surface area (Å²) in [7, 11) is -1.69. The molecule has 1 aromatic rings. The van der Waals surface area contributed by atoms with Gasteiger partial charge in [0.2, 0.25) is 0 Å². The van der Waals surface area contributed by atoms with Crippen LogP contribution in [0, 0.1) is 11.3 Å². The van der Waals surface area contributed by atoms with Crippen LogP contribution in [-0.4, -0.2) is 20.0 Å². The Morgan fingerprint density at radius 3 is 2.33 bits per heavy atom. The molecule has 0 radical (unpaired) electrons. The minimum Gasteiger partial charge on any atom is -0.400 e. The molecule has 2 rings (SSSR count). The van der Waals surface area contributed by atoms with Gasteiger partial charge in [-0.05, 0) is 50.9 Å². The fourth-order valence-corrected chi connectivity index (χ4v) is 4.26. The molecular formula is C17H25NO2Si. The first-order valence-electron chi connectivity index (χ1n) is 7.69. The normalized spacial score (nSPS) is 26.3. The molecule has 1 aromatic carbocycles. The van der Waals surface area contributed by atoms with Crippen LogP contribution in [0.3, 0.4) is 0 Å². The van der Waals surface area contributed by atoms with E-state index in [0.29, 0.717) is 6.61 Å². The van der Waals surface area contributed by atoms with E-state index in [9.17, 15) is 5.26 Å². The molecule has 0 aromatic heterocycles. The Labute approximate surface area is 129 Å². The predicted molar refractivity (Wildman–Crippen MR) is 86.3 cm³/mol. The molecule has 21 heavy (non-hydrogen) atoms. The van der Waals surface area contributed by atoms with Gasteiger partial charge in [-0.1, -0.05) is 30.3 Å². The zero-order valence-corrected chi connectivity index (χ0v) is 14.3. The highest BCUT2D eigenvalue weighted by Gasteiger charge is 2.40. The number of benzene rings is 1. The smallest absolute Gasteiger partial charge is 0.185 e. The third kappa shape index (κ3) is 4.96. The van der Waals surface area contributed by atoms with Gasteiger partial charge in [-0.3, -0.25) is 0 Å². The topological polar surface area (TPSA) is 42.2 Å². The second-order valence-corrected chi connectivity index (χ2v) is 11.2. The van der Waals surface area contributed by atoms with Gasteiger partial charge in [-0.15, -0.1) is 0 Å². The molecule has 0 aliphatic heterocycles. The number of rotatable bonds is 5. The number of nitriles is 1. The standard InChI is InChI=1S/C17H25NO2Si/c1-21(2,3)20-17(14-18)11-9-16(10-12-17)19-13-15-7-5-4-6-8-15/h4-8,16H,9-13H2,1-3H3. The maximum absolute atomic E-state index is 9.51. The quantitative estimate of drug-likeness (QED) is 0.763. The molecule has 0 bridgehead atoms. The molecule has 0 spiro atoms. The summed E-state index contributed by atoms with van der Waals surface area (Å²) in [5.41, 5.74) is 0.629. The number of ether oxygens (including phenoxy) is 1. The van der Waals surface area contributed by atoms with E-state index >= 15 is 0 Å². The van der Waals surface area contributed by atoms with Crippen molar-refractivity contribution in [2.24, 2.45) is 0 Å². The van der Waals surface area contributed by atoms with Crippen LogP contribution in [-0.2, 0) is 15.8 Å². The van der Waals surface area contributed by atoms with Crippen molar-refractivity contribution in [3.05, 3.63) is 35.9 Å². The highest BCUT2D eigenvalue weighted by atomic mass is 28.4. The van der Waals surface area contributed by atoms with Crippen LogP contribution in [0.5, 0.6) is 0 Å². The van der Waals surface area contributed by atoms with E-state index in [0.717, 1.165) is 25.7 Å². The van der Waals surface area contributed by atoms with Crippen molar-refractivity contribution in [1.82, 2.24) is 0 Å². The van der Waals surface area contributed by atoms with Crippen LogP contribution in [0.15, 0.2) is 30.3 Å². The van der Waals surface area contributed by atoms with Crippen LogP contribution in [0.25, 0.3) is 0 Å². The summed E-state index contributed by atoms with van der Waals surface area (Å²) in [6.07, 6.45) is 3.63. The summed E-state index contributed by atoms with van der Waals surface area (Å²) in [4.78, 5) is 0. The van der Waals surface area contributed by atoms with E-state index < -0.39 is 13.9 Å². The van der Waals surface area contributed by atoms with Crippen molar-refractivity contribution >= 4 is 8.32 Å². The molecule has 114 valence electrons. The molecule has 0 amide bonds. The minimum absolute atomic E-state index is 0.247. The van der Waals surface area contributed by atoms with E-state index in [1.54, 1.807) is 0 Å². The lowest BCUT2D eigenvalue weighted by Gasteiger charge is -2.39. The van der Waals surface area contributed by atoms with E-state index in [1.807, 2.05) is 18.2 Å². The summed E-state index contributed by atoms with van der Waals surface area (Å²) in [5, 5.41) is 9.51. The van der Waals surface area contributed by atoms with Gasteiger partial charge < -0.3 is 9.16 Å². The highest BCUT2D eigenvalue weighted by molar-refractivity contribution is 6.69. The molecule has 0 N–H and O–H groups in total. The summed E-state index contributed by atoms with van der Waals surface area (Å²) in [6.45, 7) is 7.08. The predicted octanol–water partition coefficient (Wildman–Crippen LogP) is 4.26. The van der Waals surface area contributed by atoms with Crippen LogP contribution in [0.1, 0.15) is 31.2 Å². The average Bonchev–Trinajstić information content (AvgIpc) is 2.46. The summed E-state index contributed by atoms with van der Waals surface area (Å²) >= 11 is 0. The molecule has 1 saturated carbocycles. The van der Waals surface area contributed by atoms with Gasteiger partial charge in [-0.25, -0.2) is 0 Å². The third-order valence-corrected chi connectivity index (χ3v) is 4.78. The van der Waals surface area contributed by atoms with Crippen molar-refractivity contribution < 1.29 is 9.16 Å². The lowest BCUT2D eigenvalue weighted by atomic mass is 9.84. The molecule has 1 aliphatic rings. The molecule has 4 heteroatoms. The third-order valence-electron chi connectivity index (χ3n) is 3.77. The Kier molecular flexibility index (Phi) is 5.21. The summed E-state index contributed by atoms with van der Waals surface area (Å²) < 4.78 is 12.1. The molecule has 0 unspecified atom stereocenters. The first-order valence-corrected chi connectivity index (χ1v) is 11.1.